The predicted octanol–water partition coefficient (Wildman–Crippen LogP) is 6.62. The van der Waals surface area contributed by atoms with Crippen molar-refractivity contribution < 1.29 is 19.1 Å². The topological polar surface area (TPSA) is 52.6 Å². The van der Waals surface area contributed by atoms with E-state index in [0.717, 1.165) is 32.1 Å². The minimum Gasteiger partial charge on any atom is -0.434 e. The van der Waals surface area contributed by atoms with Gasteiger partial charge < -0.3 is 9.47 Å². The molecule has 0 unspecified atom stereocenters. The molecule has 4 heteroatoms. The van der Waals surface area contributed by atoms with Crippen LogP contribution in [0.15, 0.2) is 11.6 Å². The SMILES string of the molecule is C[C@]12CC[C@H]3[C@@H](CCC4=CC(=O)CC[C@@]43C)[C@@H]1CC[C@@H]2OC(=O)OCC1CCCCC1. The molecule has 0 bridgehead atoms. The van der Waals surface area contributed by atoms with Crippen molar-refractivity contribution in [2.45, 2.75) is 103 Å². The minimum absolute atomic E-state index is 0.00464. The van der Waals surface area contributed by atoms with Gasteiger partial charge in [0.25, 0.3) is 0 Å². The van der Waals surface area contributed by atoms with Gasteiger partial charge in [-0.1, -0.05) is 38.7 Å². The van der Waals surface area contributed by atoms with Crippen molar-refractivity contribution in [1.29, 1.82) is 0 Å². The summed E-state index contributed by atoms with van der Waals surface area (Å²) in [6.07, 6.45) is 16.2. The van der Waals surface area contributed by atoms with E-state index in [2.05, 4.69) is 13.8 Å². The number of ketones is 1. The second-order valence-electron chi connectivity index (χ2n) is 11.8. The fourth-order valence-electron chi connectivity index (χ4n) is 8.39. The number of rotatable bonds is 3. The number of carbonyl (C=O) groups excluding carboxylic acids is 2. The molecule has 0 aromatic rings. The fraction of sp³-hybridized carbons (Fsp3) is 0.852. The predicted molar refractivity (Wildman–Crippen MR) is 120 cm³/mol. The molecule has 0 aromatic carbocycles. The Labute approximate surface area is 187 Å². The quantitative estimate of drug-likeness (QED) is 0.474. The summed E-state index contributed by atoms with van der Waals surface area (Å²) in [5.74, 6) is 2.85. The van der Waals surface area contributed by atoms with Crippen molar-refractivity contribution in [3.8, 4) is 0 Å². The summed E-state index contributed by atoms with van der Waals surface area (Å²) in [7, 11) is 0. The molecule has 4 nitrogen and oxygen atoms in total. The van der Waals surface area contributed by atoms with Crippen molar-refractivity contribution in [1.82, 2.24) is 0 Å². The fourth-order valence-corrected chi connectivity index (χ4v) is 8.39. The first-order valence-electron chi connectivity index (χ1n) is 13.0. The van der Waals surface area contributed by atoms with Crippen molar-refractivity contribution in [3.63, 3.8) is 0 Å². The Bertz CT molecular complexity index is 750. The average Bonchev–Trinajstić information content (AvgIpc) is 3.10. The van der Waals surface area contributed by atoms with E-state index in [-0.39, 0.29) is 16.9 Å². The van der Waals surface area contributed by atoms with Crippen molar-refractivity contribution in [2.75, 3.05) is 6.61 Å². The van der Waals surface area contributed by atoms with Crippen LogP contribution < -0.4 is 0 Å². The smallest absolute Gasteiger partial charge is 0.434 e. The highest BCUT2D eigenvalue weighted by atomic mass is 16.7. The van der Waals surface area contributed by atoms with Crippen LogP contribution in [0.5, 0.6) is 0 Å². The molecule has 0 radical (unpaired) electrons. The zero-order valence-corrected chi connectivity index (χ0v) is 19.5. The maximum atomic E-state index is 12.5. The van der Waals surface area contributed by atoms with Crippen LogP contribution in [-0.4, -0.2) is 24.6 Å². The molecule has 0 aromatic heterocycles. The lowest BCUT2D eigenvalue weighted by molar-refractivity contribution is -0.118. The van der Waals surface area contributed by atoms with Crippen molar-refractivity contribution >= 4 is 11.9 Å². The molecule has 31 heavy (non-hydrogen) atoms. The summed E-state index contributed by atoms with van der Waals surface area (Å²) in [5.41, 5.74) is 1.70. The number of carbonyl (C=O) groups is 2. The molecule has 5 rings (SSSR count). The number of ether oxygens (including phenoxy) is 2. The zero-order chi connectivity index (χ0) is 21.6. The van der Waals surface area contributed by atoms with Gasteiger partial charge in [-0.3, -0.25) is 4.79 Å². The third-order valence-electron chi connectivity index (χ3n) is 10.3. The van der Waals surface area contributed by atoms with Gasteiger partial charge in [-0.05, 0) is 93.0 Å². The van der Waals surface area contributed by atoms with E-state index in [9.17, 15) is 9.59 Å². The molecular weight excluding hydrogens is 388 g/mol. The molecule has 5 aliphatic rings. The van der Waals surface area contributed by atoms with Gasteiger partial charge in [0.1, 0.15) is 6.10 Å². The number of fused-ring (bicyclic) bond motifs is 5. The zero-order valence-electron chi connectivity index (χ0n) is 19.5. The second kappa shape index (κ2) is 8.23. The molecule has 0 aliphatic heterocycles. The minimum atomic E-state index is -0.439. The number of hydrogen-bond acceptors (Lipinski definition) is 4. The Kier molecular flexibility index (Phi) is 5.71. The molecule has 0 amide bonds. The van der Waals surface area contributed by atoms with Gasteiger partial charge >= 0.3 is 6.16 Å². The Morgan fingerprint density at radius 3 is 2.58 bits per heavy atom. The summed E-state index contributed by atoms with van der Waals surface area (Å²) in [5, 5.41) is 0. The van der Waals surface area contributed by atoms with E-state index >= 15 is 0 Å². The average molecular weight is 429 g/mol. The highest BCUT2D eigenvalue weighted by Crippen LogP contribution is 2.65. The first-order chi connectivity index (χ1) is 14.9. The Morgan fingerprint density at radius 1 is 0.968 bits per heavy atom. The first kappa shape index (κ1) is 21.5. The lowest BCUT2D eigenvalue weighted by Gasteiger charge is -2.57. The van der Waals surface area contributed by atoms with Crippen LogP contribution in [0.25, 0.3) is 0 Å². The summed E-state index contributed by atoms with van der Waals surface area (Å²) in [4.78, 5) is 24.5. The summed E-state index contributed by atoms with van der Waals surface area (Å²) < 4.78 is 11.6. The molecule has 0 saturated heterocycles. The van der Waals surface area contributed by atoms with Crippen LogP contribution in [0.3, 0.4) is 0 Å². The van der Waals surface area contributed by atoms with Crippen LogP contribution in [0.1, 0.15) is 97.3 Å². The molecule has 172 valence electrons. The van der Waals surface area contributed by atoms with Crippen LogP contribution in [0.4, 0.5) is 4.79 Å². The molecule has 0 spiro atoms. The Hall–Kier alpha value is -1.32. The van der Waals surface area contributed by atoms with Gasteiger partial charge in [0.15, 0.2) is 5.78 Å². The summed E-state index contributed by atoms with van der Waals surface area (Å²) >= 11 is 0. The second-order valence-corrected chi connectivity index (χ2v) is 11.8. The normalized spacial score (nSPS) is 42.8. The largest absolute Gasteiger partial charge is 0.508 e. The Morgan fingerprint density at radius 2 is 1.77 bits per heavy atom. The monoisotopic (exact) mass is 428 g/mol. The first-order valence-corrected chi connectivity index (χ1v) is 13.0. The molecule has 4 saturated carbocycles. The van der Waals surface area contributed by atoms with E-state index < -0.39 is 6.16 Å². The summed E-state index contributed by atoms with van der Waals surface area (Å²) in [6, 6.07) is 0. The third-order valence-corrected chi connectivity index (χ3v) is 10.3. The van der Waals surface area contributed by atoms with Crippen LogP contribution in [0, 0.1) is 34.5 Å². The van der Waals surface area contributed by atoms with E-state index in [1.807, 2.05) is 6.08 Å². The van der Waals surface area contributed by atoms with Gasteiger partial charge in [0.2, 0.25) is 0 Å². The van der Waals surface area contributed by atoms with Crippen LogP contribution in [-0.2, 0) is 14.3 Å². The van der Waals surface area contributed by atoms with Gasteiger partial charge in [0, 0.05) is 11.8 Å². The van der Waals surface area contributed by atoms with E-state index in [0.29, 0.717) is 42.5 Å². The maximum Gasteiger partial charge on any atom is 0.508 e. The highest BCUT2D eigenvalue weighted by molar-refractivity contribution is 5.91. The Balaban J connectivity index is 1.23. The van der Waals surface area contributed by atoms with Gasteiger partial charge in [-0.15, -0.1) is 0 Å². The lowest BCUT2D eigenvalue weighted by atomic mass is 9.47. The third kappa shape index (κ3) is 3.76. The molecule has 4 fully saturated rings. The van der Waals surface area contributed by atoms with Crippen LogP contribution in [0.2, 0.25) is 0 Å². The van der Waals surface area contributed by atoms with E-state index in [1.165, 1.54) is 50.5 Å². The molecular formula is C27H40O4. The molecule has 5 aliphatic carbocycles. The van der Waals surface area contributed by atoms with E-state index in [1.54, 1.807) is 0 Å². The van der Waals surface area contributed by atoms with Crippen molar-refractivity contribution in [3.05, 3.63) is 11.6 Å². The molecule has 0 N–H and O–H groups in total. The lowest BCUT2D eigenvalue weighted by Crippen LogP contribution is -2.51. The van der Waals surface area contributed by atoms with Gasteiger partial charge in [-0.2, -0.15) is 0 Å². The van der Waals surface area contributed by atoms with Gasteiger partial charge in [0.05, 0.1) is 6.61 Å². The standard InChI is InChI=1S/C27H40O4/c1-26-14-12-20(28)16-19(26)8-9-21-22-10-11-24(27(22,2)15-13-23(21)26)31-25(29)30-17-18-6-4-3-5-7-18/h16,18,21-24H,3-15,17H2,1-2H3/t21-,22-,23-,24-,26-,27-/m0/s1. The number of hydrogen-bond donors (Lipinski definition) is 0. The van der Waals surface area contributed by atoms with Gasteiger partial charge in [-0.25, -0.2) is 4.79 Å². The maximum absolute atomic E-state index is 12.5. The van der Waals surface area contributed by atoms with E-state index in [4.69, 9.17) is 9.47 Å². The summed E-state index contributed by atoms with van der Waals surface area (Å²) in [6.45, 7) is 5.33. The van der Waals surface area contributed by atoms with Crippen LogP contribution >= 0.6 is 0 Å². The molecule has 0 heterocycles. The highest BCUT2D eigenvalue weighted by Gasteiger charge is 2.60. The number of allylic oxidation sites excluding steroid dienone is 1. The molecule has 6 atom stereocenters. The van der Waals surface area contributed by atoms with Crippen molar-refractivity contribution in [2.24, 2.45) is 34.5 Å².